The van der Waals surface area contributed by atoms with Gasteiger partial charge in [0.2, 0.25) is 5.91 Å². The molecule has 0 bridgehead atoms. The highest BCUT2D eigenvalue weighted by molar-refractivity contribution is 8.02. The molecule has 2 amide bonds. The summed E-state index contributed by atoms with van der Waals surface area (Å²) in [4.78, 5) is 27.8. The molecule has 1 aromatic carbocycles. The number of hydrogen-bond acceptors (Lipinski definition) is 4. The lowest BCUT2D eigenvalue weighted by atomic mass is 10.1. The number of benzene rings is 1. The molecule has 1 unspecified atom stereocenters. The van der Waals surface area contributed by atoms with Gasteiger partial charge in [-0.15, -0.1) is 0 Å². The molecule has 0 fully saturated rings. The molecule has 1 aromatic heterocycles. The molecule has 0 saturated carbocycles. The van der Waals surface area contributed by atoms with Crippen LogP contribution in [0.3, 0.4) is 0 Å². The second kappa shape index (κ2) is 6.49. The summed E-state index contributed by atoms with van der Waals surface area (Å²) in [5, 5.41) is 7.42. The Labute approximate surface area is 149 Å². The summed E-state index contributed by atoms with van der Waals surface area (Å²) in [5.41, 5.74) is 0.823. The number of halogens is 1. The lowest BCUT2D eigenvalue weighted by Crippen LogP contribution is -2.55. The number of aromatic nitrogens is 2. The molecule has 2 heterocycles. The first kappa shape index (κ1) is 16.9. The van der Waals surface area contributed by atoms with Crippen LogP contribution in [0, 0.1) is 0 Å². The van der Waals surface area contributed by atoms with E-state index in [9.17, 15) is 9.59 Å². The number of anilines is 1. The standard InChI is InChI=1S/C16H17ClN4O2S/c1-16(14(22)18-7-8-21-10-11(17)9-19-21)15(23)20(2)12-5-3-4-6-13(12)24-16/h3-6,9-10H,7-8H2,1-2H3,(H,18,22). The van der Waals surface area contributed by atoms with Crippen LogP contribution in [0.15, 0.2) is 41.6 Å². The van der Waals surface area contributed by atoms with Crippen molar-refractivity contribution in [2.75, 3.05) is 18.5 Å². The Kier molecular flexibility index (Phi) is 4.56. The van der Waals surface area contributed by atoms with Gasteiger partial charge in [0.15, 0.2) is 4.75 Å². The second-order valence-electron chi connectivity index (χ2n) is 5.64. The maximum Gasteiger partial charge on any atom is 0.252 e. The van der Waals surface area contributed by atoms with E-state index in [4.69, 9.17) is 11.6 Å². The maximum absolute atomic E-state index is 12.7. The molecule has 0 radical (unpaired) electrons. The number of rotatable bonds is 4. The summed E-state index contributed by atoms with van der Waals surface area (Å²) in [6.07, 6.45) is 3.22. The molecule has 0 spiro atoms. The summed E-state index contributed by atoms with van der Waals surface area (Å²) in [5.74, 6) is -0.539. The Hall–Kier alpha value is -1.99. The van der Waals surface area contributed by atoms with Crippen molar-refractivity contribution in [3.63, 3.8) is 0 Å². The van der Waals surface area contributed by atoms with E-state index in [1.54, 1.807) is 29.7 Å². The minimum absolute atomic E-state index is 0.231. The molecule has 2 aromatic rings. The Morgan fingerprint density at radius 2 is 2.17 bits per heavy atom. The average molecular weight is 365 g/mol. The minimum atomic E-state index is -1.19. The number of nitrogens with one attached hydrogen (secondary N) is 1. The molecule has 126 valence electrons. The van der Waals surface area contributed by atoms with Crippen LogP contribution in [0.4, 0.5) is 5.69 Å². The number of carbonyl (C=O) groups is 2. The lowest BCUT2D eigenvalue weighted by molar-refractivity contribution is -0.131. The van der Waals surface area contributed by atoms with Gasteiger partial charge >= 0.3 is 0 Å². The quantitative estimate of drug-likeness (QED) is 0.844. The number of thioether (sulfide) groups is 1. The predicted molar refractivity (Wildman–Crippen MR) is 94.4 cm³/mol. The smallest absolute Gasteiger partial charge is 0.252 e. The van der Waals surface area contributed by atoms with Gasteiger partial charge in [0.25, 0.3) is 5.91 Å². The number of para-hydroxylation sites is 1. The summed E-state index contributed by atoms with van der Waals surface area (Å²) in [6, 6.07) is 7.57. The van der Waals surface area contributed by atoms with Gasteiger partial charge in [-0.1, -0.05) is 35.5 Å². The molecular formula is C16H17ClN4O2S. The maximum atomic E-state index is 12.7. The van der Waals surface area contributed by atoms with Crippen LogP contribution < -0.4 is 10.2 Å². The third-order valence-corrected chi connectivity index (χ3v) is 5.44. The van der Waals surface area contributed by atoms with Crippen molar-refractivity contribution >= 4 is 40.9 Å². The molecule has 1 atom stereocenters. The topological polar surface area (TPSA) is 67.2 Å². The molecule has 24 heavy (non-hydrogen) atoms. The molecule has 6 nitrogen and oxygen atoms in total. The zero-order chi connectivity index (χ0) is 17.3. The van der Waals surface area contributed by atoms with Crippen molar-refractivity contribution in [2.45, 2.75) is 23.1 Å². The van der Waals surface area contributed by atoms with Crippen molar-refractivity contribution in [1.29, 1.82) is 0 Å². The van der Waals surface area contributed by atoms with Gasteiger partial charge in [-0.2, -0.15) is 5.10 Å². The zero-order valence-electron chi connectivity index (χ0n) is 13.3. The van der Waals surface area contributed by atoms with Gasteiger partial charge < -0.3 is 10.2 Å². The lowest BCUT2D eigenvalue weighted by Gasteiger charge is -2.36. The summed E-state index contributed by atoms with van der Waals surface area (Å²) in [6.45, 7) is 2.51. The fourth-order valence-corrected chi connectivity index (χ4v) is 4.01. The van der Waals surface area contributed by atoms with Crippen molar-refractivity contribution in [3.05, 3.63) is 41.7 Å². The van der Waals surface area contributed by atoms with Gasteiger partial charge in [0, 0.05) is 24.7 Å². The fraction of sp³-hybridized carbons (Fsp3) is 0.312. The molecule has 8 heteroatoms. The second-order valence-corrected chi connectivity index (χ2v) is 7.54. The van der Waals surface area contributed by atoms with Gasteiger partial charge in [0.1, 0.15) is 0 Å². The number of nitrogens with zero attached hydrogens (tertiary/aromatic N) is 3. The Balaban J connectivity index is 1.70. The first-order valence-corrected chi connectivity index (χ1v) is 8.64. The Morgan fingerprint density at radius 3 is 2.88 bits per heavy atom. The first-order chi connectivity index (χ1) is 11.4. The van der Waals surface area contributed by atoms with E-state index < -0.39 is 4.75 Å². The molecule has 0 saturated heterocycles. The molecule has 3 rings (SSSR count). The SMILES string of the molecule is CN1C(=O)C(C)(C(=O)NCCn2cc(Cl)cn2)Sc2ccccc21. The van der Waals surface area contributed by atoms with Gasteiger partial charge in [-0.25, -0.2) is 0 Å². The highest BCUT2D eigenvalue weighted by Crippen LogP contribution is 2.44. The van der Waals surface area contributed by atoms with Crippen molar-refractivity contribution in [2.24, 2.45) is 0 Å². The average Bonchev–Trinajstić information content (AvgIpc) is 2.98. The van der Waals surface area contributed by atoms with Crippen LogP contribution in [-0.2, 0) is 16.1 Å². The van der Waals surface area contributed by atoms with E-state index in [0.29, 0.717) is 18.1 Å². The Bertz CT molecular complexity index is 794. The fourth-order valence-electron chi connectivity index (χ4n) is 2.57. The zero-order valence-corrected chi connectivity index (χ0v) is 14.9. The number of carbonyl (C=O) groups excluding carboxylic acids is 2. The van der Waals surface area contributed by atoms with E-state index in [2.05, 4.69) is 10.4 Å². The van der Waals surface area contributed by atoms with Gasteiger partial charge in [0.05, 0.1) is 23.5 Å². The van der Waals surface area contributed by atoms with E-state index in [1.165, 1.54) is 18.0 Å². The number of hydrogen-bond donors (Lipinski definition) is 1. The number of amides is 2. The Morgan fingerprint density at radius 1 is 1.42 bits per heavy atom. The third-order valence-electron chi connectivity index (χ3n) is 3.91. The van der Waals surface area contributed by atoms with Crippen LogP contribution in [0.25, 0.3) is 0 Å². The van der Waals surface area contributed by atoms with Gasteiger partial charge in [-0.05, 0) is 19.1 Å². The van der Waals surface area contributed by atoms with Crippen LogP contribution in [0.2, 0.25) is 5.02 Å². The molecule has 1 aliphatic heterocycles. The number of fused-ring (bicyclic) bond motifs is 1. The minimum Gasteiger partial charge on any atom is -0.353 e. The van der Waals surface area contributed by atoms with E-state index in [1.807, 2.05) is 24.3 Å². The first-order valence-electron chi connectivity index (χ1n) is 7.44. The van der Waals surface area contributed by atoms with E-state index >= 15 is 0 Å². The van der Waals surface area contributed by atoms with Gasteiger partial charge in [-0.3, -0.25) is 14.3 Å². The molecular weight excluding hydrogens is 348 g/mol. The summed E-state index contributed by atoms with van der Waals surface area (Å²) < 4.78 is 0.451. The monoisotopic (exact) mass is 364 g/mol. The van der Waals surface area contributed by atoms with Crippen molar-refractivity contribution in [3.8, 4) is 0 Å². The van der Waals surface area contributed by atoms with Crippen LogP contribution >= 0.6 is 23.4 Å². The van der Waals surface area contributed by atoms with E-state index in [0.717, 1.165) is 10.6 Å². The van der Waals surface area contributed by atoms with E-state index in [-0.39, 0.29) is 11.8 Å². The largest absolute Gasteiger partial charge is 0.353 e. The van der Waals surface area contributed by atoms with Crippen molar-refractivity contribution < 1.29 is 9.59 Å². The third kappa shape index (κ3) is 3.01. The highest BCUT2D eigenvalue weighted by Gasteiger charge is 2.48. The predicted octanol–water partition coefficient (Wildman–Crippen LogP) is 2.18. The molecule has 1 N–H and O–H groups in total. The molecule has 0 aliphatic carbocycles. The van der Waals surface area contributed by atoms with Crippen LogP contribution in [0.5, 0.6) is 0 Å². The van der Waals surface area contributed by atoms with Crippen LogP contribution in [0.1, 0.15) is 6.92 Å². The normalized spacial score (nSPS) is 20.0. The van der Waals surface area contributed by atoms with Crippen molar-refractivity contribution in [1.82, 2.24) is 15.1 Å². The summed E-state index contributed by atoms with van der Waals surface area (Å²) in [7, 11) is 1.69. The van der Waals surface area contributed by atoms with Crippen LogP contribution in [-0.4, -0.2) is 39.9 Å². The molecule has 1 aliphatic rings. The highest BCUT2D eigenvalue weighted by atomic mass is 35.5. The summed E-state index contributed by atoms with van der Waals surface area (Å²) >= 11 is 7.09.